The average molecular weight is 461 g/mol. The average Bonchev–Trinajstić information content (AvgIpc) is 2.84. The predicted octanol–water partition coefficient (Wildman–Crippen LogP) is 0.972. The molecule has 1 aromatic carbocycles. The molecule has 0 bridgehead atoms. The molecule has 4 rings (SSSR count). The zero-order valence-corrected chi connectivity index (χ0v) is 18.8. The quantitative estimate of drug-likeness (QED) is 0.654. The Bertz CT molecular complexity index is 866. The third-order valence-electron chi connectivity index (χ3n) is 5.88. The number of benzene rings is 1. The van der Waals surface area contributed by atoms with Crippen LogP contribution in [0.15, 0.2) is 36.4 Å². The molecule has 9 nitrogen and oxygen atoms in total. The first-order valence-corrected chi connectivity index (χ1v) is 11.3. The van der Waals surface area contributed by atoms with Crippen LogP contribution in [0.25, 0.3) is 0 Å². The van der Waals surface area contributed by atoms with Gasteiger partial charge in [0.25, 0.3) is 5.91 Å². The van der Waals surface area contributed by atoms with E-state index < -0.39 is 0 Å². The number of aromatic nitrogens is 2. The third-order valence-corrected chi connectivity index (χ3v) is 6.13. The number of hydrogen-bond acceptors (Lipinski definition) is 8. The normalized spacial score (nSPS) is 17.5. The van der Waals surface area contributed by atoms with Gasteiger partial charge in [-0.3, -0.25) is 9.69 Å². The van der Waals surface area contributed by atoms with Crippen LogP contribution in [0.3, 0.4) is 0 Å². The number of carbonyl (C=O) groups is 1. The molecule has 2 fully saturated rings. The highest BCUT2D eigenvalue weighted by Crippen LogP contribution is 2.19. The minimum atomic E-state index is -0.0265. The molecule has 10 heteroatoms. The number of hydrogen-bond donors (Lipinski definition) is 1. The Morgan fingerprint density at radius 3 is 1.97 bits per heavy atom. The topological polar surface area (TPSA) is 85.3 Å². The van der Waals surface area contributed by atoms with Gasteiger partial charge in [0.05, 0.1) is 6.61 Å². The second kappa shape index (κ2) is 10.8. The second-order valence-corrected chi connectivity index (χ2v) is 8.35. The molecule has 0 aliphatic carbocycles. The van der Waals surface area contributed by atoms with Gasteiger partial charge in [0.2, 0.25) is 0 Å². The van der Waals surface area contributed by atoms with E-state index in [2.05, 4.69) is 24.9 Å². The zero-order chi connectivity index (χ0) is 22.3. The molecule has 1 N–H and O–H groups in total. The Balaban J connectivity index is 1.22. The standard InChI is InChI=1S/C22H29ClN6O3/c23-18-1-3-19(4-2-18)32-17-22(31)29-13-11-28(12-14-29)21-6-5-20(24-25-21)27-9-7-26(8-10-27)15-16-30/h1-6,30H,7-17H2. The lowest BCUT2D eigenvalue weighted by Gasteiger charge is -2.36. The van der Waals surface area contributed by atoms with Gasteiger partial charge in [0, 0.05) is 63.9 Å². The largest absolute Gasteiger partial charge is 0.484 e. The molecule has 0 saturated carbocycles. The maximum Gasteiger partial charge on any atom is 0.260 e. The molecule has 2 saturated heterocycles. The van der Waals surface area contributed by atoms with E-state index >= 15 is 0 Å². The predicted molar refractivity (Wildman–Crippen MR) is 124 cm³/mol. The van der Waals surface area contributed by atoms with Crippen molar-refractivity contribution in [3.05, 3.63) is 41.4 Å². The molecule has 2 aliphatic rings. The van der Waals surface area contributed by atoms with Gasteiger partial charge in [0.15, 0.2) is 18.2 Å². The SMILES string of the molecule is O=C(COc1ccc(Cl)cc1)N1CCN(c2ccc(N3CCN(CCO)CC3)nn2)CC1. The molecular formula is C22H29ClN6O3. The molecule has 0 unspecified atom stereocenters. The van der Waals surface area contributed by atoms with Crippen LogP contribution in [0.4, 0.5) is 11.6 Å². The van der Waals surface area contributed by atoms with Crippen molar-refractivity contribution >= 4 is 29.1 Å². The summed E-state index contributed by atoms with van der Waals surface area (Å²) in [4.78, 5) is 20.9. The molecule has 3 heterocycles. The van der Waals surface area contributed by atoms with Crippen molar-refractivity contribution in [3.8, 4) is 5.75 Å². The number of β-amino-alcohol motifs (C(OH)–C–C–N with tert-alkyl or cyclic N) is 1. The van der Waals surface area contributed by atoms with E-state index in [1.807, 2.05) is 17.0 Å². The number of aliphatic hydroxyl groups is 1. The minimum Gasteiger partial charge on any atom is -0.484 e. The number of aliphatic hydroxyl groups excluding tert-OH is 1. The van der Waals surface area contributed by atoms with E-state index in [9.17, 15) is 4.79 Å². The zero-order valence-electron chi connectivity index (χ0n) is 18.1. The van der Waals surface area contributed by atoms with Crippen LogP contribution in [0.2, 0.25) is 5.02 Å². The van der Waals surface area contributed by atoms with Crippen molar-refractivity contribution in [1.29, 1.82) is 0 Å². The molecule has 32 heavy (non-hydrogen) atoms. The highest BCUT2D eigenvalue weighted by Gasteiger charge is 2.23. The van der Waals surface area contributed by atoms with E-state index in [-0.39, 0.29) is 19.1 Å². The summed E-state index contributed by atoms with van der Waals surface area (Å²) in [6.07, 6.45) is 0. The van der Waals surface area contributed by atoms with E-state index in [0.717, 1.165) is 44.4 Å². The lowest BCUT2D eigenvalue weighted by molar-refractivity contribution is -0.133. The highest BCUT2D eigenvalue weighted by molar-refractivity contribution is 6.30. The minimum absolute atomic E-state index is 0.0156. The van der Waals surface area contributed by atoms with Crippen LogP contribution in [0.1, 0.15) is 0 Å². The van der Waals surface area contributed by atoms with Gasteiger partial charge in [0.1, 0.15) is 5.75 Å². The molecule has 172 valence electrons. The molecule has 0 spiro atoms. The van der Waals surface area contributed by atoms with Crippen molar-refractivity contribution in [2.24, 2.45) is 0 Å². The fourth-order valence-corrected chi connectivity index (χ4v) is 4.08. The van der Waals surface area contributed by atoms with Crippen LogP contribution in [0, 0.1) is 0 Å². The van der Waals surface area contributed by atoms with E-state index in [0.29, 0.717) is 37.0 Å². The number of ether oxygens (including phenoxy) is 1. The van der Waals surface area contributed by atoms with Crippen LogP contribution in [-0.2, 0) is 4.79 Å². The summed E-state index contributed by atoms with van der Waals surface area (Å²) in [5, 5.41) is 18.6. The van der Waals surface area contributed by atoms with Crippen molar-refractivity contribution in [1.82, 2.24) is 20.0 Å². The first-order chi connectivity index (χ1) is 15.6. The lowest BCUT2D eigenvalue weighted by Crippen LogP contribution is -2.50. The van der Waals surface area contributed by atoms with Crippen molar-refractivity contribution < 1.29 is 14.6 Å². The Morgan fingerprint density at radius 2 is 1.44 bits per heavy atom. The molecule has 0 radical (unpaired) electrons. The van der Waals surface area contributed by atoms with Gasteiger partial charge in [-0.05, 0) is 36.4 Å². The summed E-state index contributed by atoms with van der Waals surface area (Å²) in [7, 11) is 0. The number of carbonyl (C=O) groups excluding carboxylic acids is 1. The van der Waals surface area contributed by atoms with Gasteiger partial charge in [-0.1, -0.05) is 11.6 Å². The van der Waals surface area contributed by atoms with Crippen LogP contribution in [-0.4, -0.2) is 103 Å². The number of anilines is 2. The maximum absolute atomic E-state index is 12.5. The van der Waals surface area contributed by atoms with Gasteiger partial charge < -0.3 is 24.5 Å². The first-order valence-electron chi connectivity index (χ1n) is 11.0. The van der Waals surface area contributed by atoms with Gasteiger partial charge in [-0.2, -0.15) is 0 Å². The van der Waals surface area contributed by atoms with Gasteiger partial charge in [-0.25, -0.2) is 0 Å². The maximum atomic E-state index is 12.5. The van der Waals surface area contributed by atoms with E-state index in [1.54, 1.807) is 24.3 Å². The summed E-state index contributed by atoms with van der Waals surface area (Å²) in [6, 6.07) is 11.0. The smallest absolute Gasteiger partial charge is 0.260 e. The van der Waals surface area contributed by atoms with Crippen LogP contribution >= 0.6 is 11.6 Å². The fraction of sp³-hybridized carbons (Fsp3) is 0.500. The monoisotopic (exact) mass is 460 g/mol. The van der Waals surface area contributed by atoms with Crippen LogP contribution in [0.5, 0.6) is 5.75 Å². The molecular weight excluding hydrogens is 432 g/mol. The second-order valence-electron chi connectivity index (χ2n) is 7.91. The molecule has 2 aromatic rings. The fourth-order valence-electron chi connectivity index (χ4n) is 3.95. The number of nitrogens with zero attached hydrogens (tertiary/aromatic N) is 6. The molecule has 1 aromatic heterocycles. The molecule has 2 aliphatic heterocycles. The van der Waals surface area contributed by atoms with Crippen molar-refractivity contribution in [3.63, 3.8) is 0 Å². The summed E-state index contributed by atoms with van der Waals surface area (Å²) < 4.78 is 5.57. The lowest BCUT2D eigenvalue weighted by atomic mass is 10.3. The number of amides is 1. The first kappa shape index (κ1) is 22.6. The van der Waals surface area contributed by atoms with E-state index in [1.165, 1.54) is 0 Å². The van der Waals surface area contributed by atoms with Crippen LogP contribution < -0.4 is 14.5 Å². The molecule has 1 amide bonds. The van der Waals surface area contributed by atoms with Gasteiger partial charge >= 0.3 is 0 Å². The molecule has 0 atom stereocenters. The Morgan fingerprint density at radius 1 is 0.875 bits per heavy atom. The highest BCUT2D eigenvalue weighted by atomic mass is 35.5. The van der Waals surface area contributed by atoms with Crippen molar-refractivity contribution in [2.45, 2.75) is 0 Å². The van der Waals surface area contributed by atoms with Gasteiger partial charge in [-0.15, -0.1) is 10.2 Å². The summed E-state index contributed by atoms with van der Waals surface area (Å²) in [5.41, 5.74) is 0. The number of rotatable bonds is 7. The Labute approximate surface area is 193 Å². The third kappa shape index (κ3) is 5.79. The Kier molecular flexibility index (Phi) is 7.62. The van der Waals surface area contributed by atoms with E-state index in [4.69, 9.17) is 21.4 Å². The number of piperazine rings is 2. The summed E-state index contributed by atoms with van der Waals surface area (Å²) >= 11 is 5.87. The Hall–Kier alpha value is -2.62. The number of halogens is 1. The van der Waals surface area contributed by atoms with Crippen molar-refractivity contribution in [2.75, 3.05) is 81.9 Å². The summed E-state index contributed by atoms with van der Waals surface area (Å²) in [6.45, 7) is 7.20. The summed E-state index contributed by atoms with van der Waals surface area (Å²) in [5.74, 6) is 2.32.